The lowest BCUT2D eigenvalue weighted by molar-refractivity contribution is 0.0546. The van der Waals surface area contributed by atoms with E-state index in [1.165, 1.54) is 24.8 Å². The molecule has 0 aromatic heterocycles. The zero-order chi connectivity index (χ0) is 17.8. The minimum atomic E-state index is -1.72. The fourth-order valence-corrected chi connectivity index (χ4v) is 5.90. The van der Waals surface area contributed by atoms with Gasteiger partial charge < -0.3 is 9.16 Å². The summed E-state index contributed by atoms with van der Waals surface area (Å²) in [7, 11) is 0.0377. The number of benzene rings is 1. The lowest BCUT2D eigenvalue weighted by atomic mass is 9.66. The summed E-state index contributed by atoms with van der Waals surface area (Å²) in [5.41, 5.74) is 3.33. The molecule has 0 unspecified atom stereocenters. The molecule has 0 amide bonds. The average molecular weight is 347 g/mol. The van der Waals surface area contributed by atoms with Crippen LogP contribution in [-0.2, 0) is 10.8 Å². The van der Waals surface area contributed by atoms with Gasteiger partial charge >= 0.3 is 0 Å². The topological polar surface area (TPSA) is 18.5 Å². The van der Waals surface area contributed by atoms with E-state index in [9.17, 15) is 0 Å². The van der Waals surface area contributed by atoms with Crippen LogP contribution in [0.4, 0.5) is 0 Å². The molecule has 134 valence electrons. The second kappa shape index (κ2) is 5.88. The van der Waals surface area contributed by atoms with E-state index in [1.807, 2.05) is 0 Å². The van der Waals surface area contributed by atoms with Crippen LogP contribution >= 0.6 is 0 Å². The standard InChI is InChI=1S/C21H34O2Si/c1-20(2,3)24(6,7)23-19-11-10-18-17-9-8-16(22-5)14-15(17)12-13-21(18,19)4/h8-9,14,18-19H,10-13H2,1-7H3/t18-,19-,21-/m0/s1. The maximum atomic E-state index is 6.91. The molecule has 2 aliphatic rings. The molecule has 2 aliphatic carbocycles. The first kappa shape index (κ1) is 18.0. The Morgan fingerprint density at radius 3 is 2.50 bits per heavy atom. The van der Waals surface area contributed by atoms with Crippen molar-refractivity contribution < 1.29 is 9.16 Å². The van der Waals surface area contributed by atoms with Crippen LogP contribution in [0.15, 0.2) is 18.2 Å². The number of methoxy groups -OCH3 is 1. The zero-order valence-corrected chi connectivity index (χ0v) is 17.5. The molecular formula is C21H34O2Si. The number of hydrogen-bond acceptors (Lipinski definition) is 2. The van der Waals surface area contributed by atoms with Crippen LogP contribution in [0.5, 0.6) is 5.75 Å². The van der Waals surface area contributed by atoms with Crippen molar-refractivity contribution in [3.05, 3.63) is 29.3 Å². The monoisotopic (exact) mass is 346 g/mol. The number of fused-ring (bicyclic) bond motifs is 3. The van der Waals surface area contributed by atoms with Gasteiger partial charge in [0.1, 0.15) is 5.75 Å². The Morgan fingerprint density at radius 1 is 1.17 bits per heavy atom. The Labute approximate surface area is 149 Å². The van der Waals surface area contributed by atoms with Crippen LogP contribution in [0, 0.1) is 5.41 Å². The van der Waals surface area contributed by atoms with E-state index in [0.29, 0.717) is 12.0 Å². The average Bonchev–Trinajstić information content (AvgIpc) is 2.82. The minimum absolute atomic E-state index is 0.279. The molecule has 3 rings (SSSR count). The maximum Gasteiger partial charge on any atom is 0.192 e. The van der Waals surface area contributed by atoms with Gasteiger partial charge in [-0.05, 0) is 78.4 Å². The first-order chi connectivity index (χ1) is 11.1. The lowest BCUT2D eigenvalue weighted by Crippen LogP contribution is -2.48. The highest BCUT2D eigenvalue weighted by Gasteiger charge is 2.52. The molecule has 1 saturated carbocycles. The van der Waals surface area contributed by atoms with E-state index in [0.717, 1.165) is 12.2 Å². The van der Waals surface area contributed by atoms with Crippen molar-refractivity contribution in [1.82, 2.24) is 0 Å². The van der Waals surface area contributed by atoms with Crippen molar-refractivity contribution in [1.29, 1.82) is 0 Å². The summed E-state index contributed by atoms with van der Waals surface area (Å²) in [4.78, 5) is 0. The molecule has 0 spiro atoms. The van der Waals surface area contributed by atoms with Gasteiger partial charge in [-0.15, -0.1) is 0 Å². The van der Waals surface area contributed by atoms with Crippen molar-refractivity contribution in [2.24, 2.45) is 5.41 Å². The molecule has 3 atom stereocenters. The van der Waals surface area contributed by atoms with E-state index in [2.05, 4.69) is 59.0 Å². The second-order valence-corrected chi connectivity index (χ2v) is 14.3. The third-order valence-corrected chi connectivity index (χ3v) is 11.6. The van der Waals surface area contributed by atoms with Crippen LogP contribution in [0.2, 0.25) is 18.1 Å². The van der Waals surface area contributed by atoms with Gasteiger partial charge in [0, 0.05) is 0 Å². The van der Waals surface area contributed by atoms with Gasteiger partial charge in [0.05, 0.1) is 13.2 Å². The lowest BCUT2D eigenvalue weighted by Gasteiger charge is -2.46. The van der Waals surface area contributed by atoms with Crippen molar-refractivity contribution in [2.45, 2.75) is 83.5 Å². The van der Waals surface area contributed by atoms with Crippen molar-refractivity contribution in [3.63, 3.8) is 0 Å². The summed E-state index contributed by atoms with van der Waals surface area (Å²) in [6, 6.07) is 6.69. The molecule has 1 aromatic carbocycles. The van der Waals surface area contributed by atoms with Crippen molar-refractivity contribution >= 4 is 8.32 Å². The maximum absolute atomic E-state index is 6.91. The third kappa shape index (κ3) is 2.84. The van der Waals surface area contributed by atoms with Gasteiger partial charge in [0.2, 0.25) is 0 Å². The van der Waals surface area contributed by atoms with E-state index < -0.39 is 8.32 Å². The van der Waals surface area contributed by atoms with Gasteiger partial charge in [-0.2, -0.15) is 0 Å². The number of rotatable bonds is 3. The SMILES string of the molecule is COc1ccc2c(c1)CC[C@]1(C)[C@@H](O[Si](C)(C)C(C)(C)C)CC[C@@H]21. The minimum Gasteiger partial charge on any atom is -0.497 e. The summed E-state index contributed by atoms with van der Waals surface area (Å²) < 4.78 is 12.3. The predicted molar refractivity (Wildman–Crippen MR) is 103 cm³/mol. The Morgan fingerprint density at radius 2 is 1.88 bits per heavy atom. The summed E-state index contributed by atoms with van der Waals surface area (Å²) in [6.45, 7) is 14.3. The molecule has 0 saturated heterocycles. The highest BCUT2D eigenvalue weighted by molar-refractivity contribution is 6.74. The molecule has 3 heteroatoms. The molecule has 1 fully saturated rings. The van der Waals surface area contributed by atoms with E-state index >= 15 is 0 Å². The largest absolute Gasteiger partial charge is 0.497 e. The summed E-state index contributed by atoms with van der Waals surface area (Å²) in [5, 5.41) is 0.279. The van der Waals surface area contributed by atoms with E-state index in [1.54, 1.807) is 12.7 Å². The predicted octanol–water partition coefficient (Wildman–Crippen LogP) is 5.92. The van der Waals surface area contributed by atoms with Crippen molar-refractivity contribution in [3.8, 4) is 5.75 Å². The van der Waals surface area contributed by atoms with Gasteiger partial charge in [-0.1, -0.05) is 33.8 Å². The van der Waals surface area contributed by atoms with Gasteiger partial charge in [0.25, 0.3) is 0 Å². The van der Waals surface area contributed by atoms with Crippen LogP contribution in [-0.4, -0.2) is 21.5 Å². The normalized spacial score (nSPS) is 30.0. The Hall–Kier alpha value is -0.803. The number of ether oxygens (including phenoxy) is 1. The highest BCUT2D eigenvalue weighted by Crippen LogP contribution is 2.58. The van der Waals surface area contributed by atoms with E-state index in [-0.39, 0.29) is 10.5 Å². The molecule has 0 N–H and O–H groups in total. The molecule has 1 aromatic rings. The smallest absolute Gasteiger partial charge is 0.192 e. The molecule has 0 radical (unpaired) electrons. The van der Waals surface area contributed by atoms with Gasteiger partial charge in [-0.3, -0.25) is 0 Å². The summed E-state index contributed by atoms with van der Waals surface area (Å²) in [5.74, 6) is 1.63. The Kier molecular flexibility index (Phi) is 4.41. The Balaban J connectivity index is 1.87. The van der Waals surface area contributed by atoms with Crippen LogP contribution < -0.4 is 4.74 Å². The number of hydrogen-bond donors (Lipinski definition) is 0. The quantitative estimate of drug-likeness (QED) is 0.633. The molecule has 0 bridgehead atoms. The van der Waals surface area contributed by atoms with Gasteiger partial charge in [-0.25, -0.2) is 0 Å². The highest BCUT2D eigenvalue weighted by atomic mass is 28.4. The van der Waals surface area contributed by atoms with Crippen molar-refractivity contribution in [2.75, 3.05) is 7.11 Å². The first-order valence-corrected chi connectivity index (χ1v) is 12.3. The molecular weight excluding hydrogens is 312 g/mol. The molecule has 0 aliphatic heterocycles. The fraction of sp³-hybridized carbons (Fsp3) is 0.714. The van der Waals surface area contributed by atoms with Crippen LogP contribution in [0.3, 0.4) is 0 Å². The summed E-state index contributed by atoms with van der Waals surface area (Å²) in [6.07, 6.45) is 5.26. The zero-order valence-electron chi connectivity index (χ0n) is 16.5. The molecule has 0 heterocycles. The first-order valence-electron chi connectivity index (χ1n) is 9.43. The fourth-order valence-electron chi connectivity index (χ4n) is 4.44. The Bertz CT molecular complexity index is 617. The number of aryl methyl sites for hydroxylation is 1. The molecule has 24 heavy (non-hydrogen) atoms. The van der Waals surface area contributed by atoms with Crippen LogP contribution in [0.1, 0.15) is 64.0 Å². The second-order valence-electron chi connectivity index (χ2n) is 9.57. The van der Waals surface area contributed by atoms with E-state index in [4.69, 9.17) is 9.16 Å². The summed E-state index contributed by atoms with van der Waals surface area (Å²) >= 11 is 0. The van der Waals surface area contributed by atoms with Gasteiger partial charge in [0.15, 0.2) is 8.32 Å². The molecule has 2 nitrogen and oxygen atoms in total. The van der Waals surface area contributed by atoms with Crippen LogP contribution in [0.25, 0.3) is 0 Å². The third-order valence-electron chi connectivity index (χ3n) is 7.15.